The van der Waals surface area contributed by atoms with Gasteiger partial charge in [0.25, 0.3) is 0 Å². The van der Waals surface area contributed by atoms with Crippen LogP contribution in [0.15, 0.2) is 47.5 Å². The number of imidazole rings is 1. The van der Waals surface area contributed by atoms with Crippen molar-refractivity contribution in [3.63, 3.8) is 0 Å². The number of piperazine rings is 1. The molecule has 0 amide bonds. The monoisotopic (exact) mass is 426 g/mol. The lowest BCUT2D eigenvalue weighted by Crippen LogP contribution is -2.48. The molecule has 7 heteroatoms. The molecule has 2 fully saturated rings. The zero-order valence-corrected chi connectivity index (χ0v) is 17.1. The SMILES string of the molecule is CC(C)N1CC2CC1CN2c1ccc(Nc2ncc(Br)n3ccnc23)cc1. The van der Waals surface area contributed by atoms with E-state index in [1.165, 1.54) is 18.7 Å². The number of hydrogen-bond acceptors (Lipinski definition) is 5. The Labute approximate surface area is 167 Å². The number of rotatable bonds is 4. The Hall–Kier alpha value is -2.12. The minimum absolute atomic E-state index is 0.645. The molecule has 5 rings (SSSR count). The summed E-state index contributed by atoms with van der Waals surface area (Å²) >= 11 is 3.50. The van der Waals surface area contributed by atoms with Crippen molar-refractivity contribution in [3.8, 4) is 0 Å². The molecule has 2 unspecified atom stereocenters. The number of likely N-dealkylation sites (tertiary alicyclic amines) is 1. The van der Waals surface area contributed by atoms with Crippen LogP contribution in [-0.4, -0.2) is 50.5 Å². The second-order valence-corrected chi connectivity index (χ2v) is 8.52. The summed E-state index contributed by atoms with van der Waals surface area (Å²) in [5, 5.41) is 3.39. The van der Waals surface area contributed by atoms with Gasteiger partial charge in [-0.1, -0.05) is 0 Å². The first-order chi connectivity index (χ1) is 13.1. The highest BCUT2D eigenvalue weighted by Gasteiger charge is 2.43. The van der Waals surface area contributed by atoms with Crippen LogP contribution >= 0.6 is 15.9 Å². The fourth-order valence-corrected chi connectivity index (χ4v) is 4.88. The van der Waals surface area contributed by atoms with Gasteiger partial charge < -0.3 is 10.2 Å². The van der Waals surface area contributed by atoms with Crippen LogP contribution < -0.4 is 10.2 Å². The second kappa shape index (κ2) is 6.49. The summed E-state index contributed by atoms with van der Waals surface area (Å²) in [6.07, 6.45) is 6.77. The summed E-state index contributed by atoms with van der Waals surface area (Å²) < 4.78 is 2.85. The predicted octanol–water partition coefficient (Wildman–Crippen LogP) is 3.91. The number of fused-ring (bicyclic) bond motifs is 3. The summed E-state index contributed by atoms with van der Waals surface area (Å²) in [6, 6.07) is 10.7. The third kappa shape index (κ3) is 2.89. The molecule has 140 valence electrons. The lowest BCUT2D eigenvalue weighted by Gasteiger charge is -2.37. The molecule has 2 saturated heterocycles. The Morgan fingerprint density at radius 1 is 1.11 bits per heavy atom. The van der Waals surface area contributed by atoms with Gasteiger partial charge in [0.1, 0.15) is 4.60 Å². The zero-order chi connectivity index (χ0) is 18.5. The molecule has 27 heavy (non-hydrogen) atoms. The van der Waals surface area contributed by atoms with Crippen molar-refractivity contribution >= 4 is 38.8 Å². The molecule has 2 bridgehead atoms. The van der Waals surface area contributed by atoms with Gasteiger partial charge in [0.2, 0.25) is 0 Å². The van der Waals surface area contributed by atoms with Crippen LogP contribution in [0.4, 0.5) is 17.2 Å². The fourth-order valence-electron chi connectivity index (χ4n) is 4.50. The average Bonchev–Trinajstić information content (AvgIpc) is 3.40. The molecule has 0 saturated carbocycles. The quantitative estimate of drug-likeness (QED) is 0.685. The van der Waals surface area contributed by atoms with Gasteiger partial charge in [-0.3, -0.25) is 9.30 Å². The highest BCUT2D eigenvalue weighted by Crippen LogP contribution is 2.36. The Morgan fingerprint density at radius 2 is 1.93 bits per heavy atom. The van der Waals surface area contributed by atoms with Crippen molar-refractivity contribution < 1.29 is 0 Å². The molecule has 4 heterocycles. The van der Waals surface area contributed by atoms with Gasteiger partial charge in [-0.05, 0) is 60.5 Å². The summed E-state index contributed by atoms with van der Waals surface area (Å²) in [7, 11) is 0. The average molecular weight is 427 g/mol. The van der Waals surface area contributed by atoms with Crippen LogP contribution in [0, 0.1) is 0 Å². The fraction of sp³-hybridized carbons (Fsp3) is 0.400. The van der Waals surface area contributed by atoms with Crippen LogP contribution in [0.1, 0.15) is 20.3 Å². The Bertz CT molecular complexity index is 966. The highest BCUT2D eigenvalue weighted by molar-refractivity contribution is 9.10. The number of benzene rings is 1. The van der Waals surface area contributed by atoms with Gasteiger partial charge in [0.05, 0.1) is 6.20 Å². The molecule has 3 aromatic rings. The van der Waals surface area contributed by atoms with E-state index in [0.717, 1.165) is 28.3 Å². The van der Waals surface area contributed by atoms with Crippen LogP contribution in [0.2, 0.25) is 0 Å². The second-order valence-electron chi connectivity index (χ2n) is 7.71. The zero-order valence-electron chi connectivity index (χ0n) is 15.5. The molecular weight excluding hydrogens is 404 g/mol. The molecule has 6 nitrogen and oxygen atoms in total. The first-order valence-corrected chi connectivity index (χ1v) is 10.3. The summed E-state index contributed by atoms with van der Waals surface area (Å²) in [5.41, 5.74) is 3.14. The van der Waals surface area contributed by atoms with E-state index < -0.39 is 0 Å². The van der Waals surface area contributed by atoms with Crippen molar-refractivity contribution in [2.75, 3.05) is 23.3 Å². The van der Waals surface area contributed by atoms with Gasteiger partial charge in [0.15, 0.2) is 11.5 Å². The summed E-state index contributed by atoms with van der Waals surface area (Å²) in [6.45, 7) is 6.93. The Balaban J connectivity index is 1.33. The summed E-state index contributed by atoms with van der Waals surface area (Å²) in [5.74, 6) is 0.753. The van der Waals surface area contributed by atoms with E-state index in [2.05, 4.69) is 79.1 Å². The molecule has 2 atom stereocenters. The lowest BCUT2D eigenvalue weighted by molar-refractivity contribution is 0.191. The third-order valence-electron chi connectivity index (χ3n) is 5.79. The molecular formula is C20H23BrN6. The Kier molecular flexibility index (Phi) is 4.09. The van der Waals surface area contributed by atoms with Crippen molar-refractivity contribution in [1.82, 2.24) is 19.3 Å². The van der Waals surface area contributed by atoms with Crippen LogP contribution in [0.5, 0.6) is 0 Å². The number of hydrogen-bond donors (Lipinski definition) is 1. The lowest BCUT2D eigenvalue weighted by atomic mass is 10.2. The number of anilines is 3. The van der Waals surface area contributed by atoms with E-state index in [1.807, 2.05) is 10.6 Å². The molecule has 2 aliphatic heterocycles. The normalized spacial score (nSPS) is 22.3. The van der Waals surface area contributed by atoms with Gasteiger partial charge in [-0.15, -0.1) is 0 Å². The summed E-state index contributed by atoms with van der Waals surface area (Å²) in [4.78, 5) is 14.1. The topological polar surface area (TPSA) is 48.7 Å². The first-order valence-electron chi connectivity index (χ1n) is 9.47. The van der Waals surface area contributed by atoms with Crippen molar-refractivity contribution in [2.24, 2.45) is 0 Å². The number of nitrogens with zero attached hydrogens (tertiary/aromatic N) is 5. The highest BCUT2D eigenvalue weighted by atomic mass is 79.9. The predicted molar refractivity (Wildman–Crippen MR) is 112 cm³/mol. The van der Waals surface area contributed by atoms with E-state index in [4.69, 9.17) is 0 Å². The maximum Gasteiger partial charge on any atom is 0.181 e. The van der Waals surface area contributed by atoms with Crippen LogP contribution in [-0.2, 0) is 0 Å². The minimum Gasteiger partial charge on any atom is -0.366 e. The largest absolute Gasteiger partial charge is 0.366 e. The maximum atomic E-state index is 4.47. The number of nitrogens with one attached hydrogen (secondary N) is 1. The Morgan fingerprint density at radius 3 is 2.63 bits per heavy atom. The van der Waals surface area contributed by atoms with E-state index in [-0.39, 0.29) is 0 Å². The molecule has 1 N–H and O–H groups in total. The number of aromatic nitrogens is 3. The van der Waals surface area contributed by atoms with E-state index in [1.54, 1.807) is 12.4 Å². The van der Waals surface area contributed by atoms with Crippen molar-refractivity contribution in [2.45, 2.75) is 38.4 Å². The van der Waals surface area contributed by atoms with Gasteiger partial charge in [-0.25, -0.2) is 9.97 Å². The molecule has 2 aromatic heterocycles. The number of halogens is 1. The van der Waals surface area contributed by atoms with Crippen molar-refractivity contribution in [1.29, 1.82) is 0 Å². The molecule has 2 aliphatic rings. The molecule has 0 radical (unpaired) electrons. The standard InChI is InChI=1S/C20H23BrN6/c1-13(2)26-11-17-9-16(26)12-27(17)15-5-3-14(4-6-15)24-19-20-22-7-8-25(20)18(21)10-23-19/h3-8,10,13,16-17H,9,11-12H2,1-2H3,(H,23,24). The smallest absolute Gasteiger partial charge is 0.181 e. The molecule has 1 aromatic carbocycles. The van der Waals surface area contributed by atoms with E-state index in [0.29, 0.717) is 18.1 Å². The van der Waals surface area contributed by atoms with E-state index >= 15 is 0 Å². The maximum absolute atomic E-state index is 4.47. The van der Waals surface area contributed by atoms with Crippen LogP contribution in [0.3, 0.4) is 0 Å². The van der Waals surface area contributed by atoms with Gasteiger partial charge in [0, 0.05) is 55.0 Å². The first kappa shape index (κ1) is 17.0. The van der Waals surface area contributed by atoms with E-state index in [9.17, 15) is 0 Å². The third-order valence-corrected chi connectivity index (χ3v) is 6.38. The van der Waals surface area contributed by atoms with Crippen LogP contribution in [0.25, 0.3) is 5.65 Å². The molecule has 0 spiro atoms. The van der Waals surface area contributed by atoms with Gasteiger partial charge in [-0.2, -0.15) is 0 Å². The van der Waals surface area contributed by atoms with Gasteiger partial charge >= 0.3 is 0 Å². The van der Waals surface area contributed by atoms with Crippen molar-refractivity contribution in [3.05, 3.63) is 47.5 Å². The minimum atomic E-state index is 0.645. The molecule has 0 aliphatic carbocycles.